The van der Waals surface area contributed by atoms with Gasteiger partial charge in [-0.25, -0.2) is 0 Å². The zero-order valence-corrected chi connectivity index (χ0v) is 21.4. The molecule has 0 atom stereocenters. The van der Waals surface area contributed by atoms with Crippen LogP contribution in [0.5, 0.6) is 11.5 Å². The van der Waals surface area contributed by atoms with Crippen LogP contribution in [0.3, 0.4) is 0 Å². The van der Waals surface area contributed by atoms with Crippen molar-refractivity contribution in [2.24, 2.45) is 0 Å². The van der Waals surface area contributed by atoms with Crippen LogP contribution in [0.15, 0.2) is 97.1 Å². The molecule has 0 aliphatic carbocycles. The van der Waals surface area contributed by atoms with Crippen LogP contribution in [-0.2, 0) is 18.2 Å². The Labute approximate surface area is 210 Å². The standard InChI is InChI=1S/2C10H8O.C6H6S.2ClH.Ti/c2*11-10-7-3-5-8-4-1-2-6-9(8)10;1-5-3-4-6(2)7-5;;;/h2*1-7,11H;1,3-4H,2H3;2*1H;/q;;;;;+2/p-2. The molecule has 2 nitrogen and oxygen atoms in total. The smallest absolute Gasteiger partial charge is 0.147 e. The predicted molar refractivity (Wildman–Crippen MR) is 138 cm³/mol. The average Bonchev–Trinajstić information content (AvgIpc) is 3.19. The quantitative estimate of drug-likeness (QED) is 0.220. The number of benzene rings is 4. The molecular weight excluding hydrogens is 495 g/mol. The Morgan fingerprint density at radius 2 is 1.12 bits per heavy atom. The second-order valence-electron chi connectivity index (χ2n) is 7.07. The van der Waals surface area contributed by atoms with Crippen molar-refractivity contribution in [1.82, 2.24) is 0 Å². The number of hydrogen-bond acceptors (Lipinski definition) is 3. The van der Waals surface area contributed by atoms with Crippen molar-refractivity contribution in [1.29, 1.82) is 0 Å². The fraction of sp³-hybridized carbons (Fsp3) is 0.0385. The van der Waals surface area contributed by atoms with Gasteiger partial charge < -0.3 is 0 Å². The van der Waals surface area contributed by atoms with E-state index in [1.54, 1.807) is 11.3 Å². The molecule has 0 radical (unpaired) electrons. The zero-order chi connectivity index (χ0) is 20.3. The normalized spacial score (nSPS) is 10.2. The van der Waals surface area contributed by atoms with Gasteiger partial charge in [0.1, 0.15) is 0 Å². The maximum absolute atomic E-state index is 6.59. The zero-order valence-electron chi connectivity index (χ0n) is 17.4. The second kappa shape index (κ2) is 11.1. The molecule has 162 valence electrons. The number of fused-ring (bicyclic) bond motifs is 2. The van der Waals surface area contributed by atoms with Crippen molar-refractivity contribution in [3.05, 3.63) is 107 Å². The van der Waals surface area contributed by atoms with E-state index in [9.17, 15) is 0 Å². The van der Waals surface area contributed by atoms with E-state index in [4.69, 9.17) is 6.64 Å². The molecule has 0 saturated heterocycles. The Balaban J connectivity index is 0.00000144. The fourth-order valence-corrected chi connectivity index (χ4v) is 6.88. The molecule has 0 bridgehead atoms. The number of rotatable bonds is 5. The van der Waals surface area contributed by atoms with Crippen LogP contribution in [0.4, 0.5) is 0 Å². The summed E-state index contributed by atoms with van der Waals surface area (Å²) in [7, 11) is 0. The van der Waals surface area contributed by atoms with Gasteiger partial charge in [-0.15, -0.1) is 24.8 Å². The molecule has 1 heterocycles. The van der Waals surface area contributed by atoms with E-state index < -0.39 is 18.2 Å². The molecule has 0 amide bonds. The van der Waals surface area contributed by atoms with Gasteiger partial charge in [-0.3, -0.25) is 0 Å². The molecule has 0 aliphatic heterocycles. The van der Waals surface area contributed by atoms with Gasteiger partial charge in [0.25, 0.3) is 0 Å². The minimum atomic E-state index is -2.56. The number of hydrogen-bond donors (Lipinski definition) is 0. The molecular formula is C26H22Cl2O2STi. The van der Waals surface area contributed by atoms with Gasteiger partial charge in [0.05, 0.1) is 0 Å². The molecule has 5 aromatic rings. The van der Waals surface area contributed by atoms with Gasteiger partial charge in [-0.1, -0.05) is 0 Å². The fourth-order valence-electron chi connectivity index (χ4n) is 3.51. The summed E-state index contributed by atoms with van der Waals surface area (Å²) < 4.78 is 15.4. The molecule has 0 spiro atoms. The summed E-state index contributed by atoms with van der Waals surface area (Å²) in [6.07, 6.45) is 0. The molecule has 4 aromatic carbocycles. The molecule has 0 N–H and O–H groups in total. The summed E-state index contributed by atoms with van der Waals surface area (Å²) in [5.74, 6) is 1.76. The van der Waals surface area contributed by atoms with Crippen LogP contribution >= 0.6 is 36.2 Å². The summed E-state index contributed by atoms with van der Waals surface area (Å²) >= 11 is -0.794. The van der Waals surface area contributed by atoms with E-state index in [-0.39, 0.29) is 24.8 Å². The summed E-state index contributed by atoms with van der Waals surface area (Å²) in [6.45, 7) is 2.12. The molecule has 32 heavy (non-hydrogen) atoms. The van der Waals surface area contributed by atoms with Crippen molar-refractivity contribution in [2.45, 2.75) is 6.92 Å². The first-order valence-electron chi connectivity index (χ1n) is 9.86. The van der Waals surface area contributed by atoms with E-state index in [0.717, 1.165) is 22.3 Å². The van der Waals surface area contributed by atoms with E-state index in [1.807, 2.05) is 36.4 Å². The summed E-state index contributed by atoms with van der Waals surface area (Å²) in [5, 5.41) is 4.57. The molecule has 0 fully saturated rings. The summed E-state index contributed by atoms with van der Waals surface area (Å²) in [6, 6.07) is 33.3. The SMILES string of the molecule is Cc1ccc([CH]=[Ti]([O]c2cccc3ccccc23)[O]c2cccc3ccccc23)s1.Cl.Cl. The number of thiophene rings is 1. The van der Waals surface area contributed by atoms with Crippen LogP contribution in [0.1, 0.15) is 9.75 Å². The topological polar surface area (TPSA) is 18.5 Å². The first-order chi connectivity index (χ1) is 14.8. The maximum Gasteiger partial charge on any atom is -0.147 e. The van der Waals surface area contributed by atoms with E-state index in [0.29, 0.717) is 0 Å². The molecule has 0 aliphatic rings. The first-order valence-corrected chi connectivity index (χ1v) is 12.8. The van der Waals surface area contributed by atoms with Gasteiger partial charge in [0.2, 0.25) is 0 Å². The second-order valence-corrected chi connectivity index (χ2v) is 10.5. The van der Waals surface area contributed by atoms with Crippen molar-refractivity contribution in [3.8, 4) is 11.5 Å². The van der Waals surface area contributed by atoms with Crippen molar-refractivity contribution in [3.63, 3.8) is 0 Å². The average molecular weight is 517 g/mol. The minimum absolute atomic E-state index is 0. The van der Waals surface area contributed by atoms with Gasteiger partial charge in [-0.05, 0) is 0 Å². The predicted octanol–water partition coefficient (Wildman–Crippen LogP) is 7.96. The van der Waals surface area contributed by atoms with E-state index in [2.05, 4.69) is 71.9 Å². The van der Waals surface area contributed by atoms with Crippen LogP contribution in [0.25, 0.3) is 21.5 Å². The van der Waals surface area contributed by atoms with Crippen molar-refractivity contribution in [2.75, 3.05) is 0 Å². The van der Waals surface area contributed by atoms with Crippen molar-refractivity contribution < 1.29 is 24.8 Å². The third kappa shape index (κ3) is 5.43. The van der Waals surface area contributed by atoms with Crippen molar-refractivity contribution >= 4 is 62.0 Å². The Bertz CT molecular complexity index is 1290. The Morgan fingerprint density at radius 3 is 1.62 bits per heavy atom. The number of aryl methyl sites for hydroxylation is 1. The molecule has 0 saturated carbocycles. The third-order valence-corrected chi connectivity index (χ3v) is 8.38. The van der Waals surface area contributed by atoms with Crippen LogP contribution < -0.4 is 6.64 Å². The molecule has 6 heteroatoms. The minimum Gasteiger partial charge on any atom is -0.147 e. The van der Waals surface area contributed by atoms with Crippen LogP contribution in [-0.4, -0.2) is 4.31 Å². The Kier molecular flexibility index (Phi) is 8.53. The van der Waals surface area contributed by atoms with Gasteiger partial charge >= 0.3 is 187 Å². The molecule has 0 unspecified atom stereocenters. The first kappa shape index (κ1) is 24.5. The van der Waals surface area contributed by atoms with Gasteiger partial charge in [-0.2, -0.15) is 0 Å². The van der Waals surface area contributed by atoms with E-state index in [1.165, 1.54) is 20.5 Å². The maximum atomic E-state index is 6.59. The summed E-state index contributed by atoms with van der Waals surface area (Å²) in [4.78, 5) is 2.48. The molecule has 1 aromatic heterocycles. The molecule has 5 rings (SSSR count). The largest absolute Gasteiger partial charge is 0.147 e. The van der Waals surface area contributed by atoms with Crippen LogP contribution in [0, 0.1) is 6.92 Å². The Morgan fingerprint density at radius 1 is 0.625 bits per heavy atom. The van der Waals surface area contributed by atoms with Gasteiger partial charge in [0, 0.05) is 0 Å². The monoisotopic (exact) mass is 516 g/mol. The number of halogens is 2. The van der Waals surface area contributed by atoms with Crippen LogP contribution in [0.2, 0.25) is 0 Å². The van der Waals surface area contributed by atoms with E-state index >= 15 is 0 Å². The Hall–Kier alpha value is -2.14. The van der Waals surface area contributed by atoms with Gasteiger partial charge in [0.15, 0.2) is 0 Å². The summed E-state index contributed by atoms with van der Waals surface area (Å²) in [5.41, 5.74) is 0. The third-order valence-electron chi connectivity index (χ3n) is 4.94.